The predicted molar refractivity (Wildman–Crippen MR) is 76.6 cm³/mol. The van der Waals surface area contributed by atoms with Crippen molar-refractivity contribution in [1.29, 1.82) is 0 Å². The number of fused-ring (bicyclic) bond motifs is 1. The van der Waals surface area contributed by atoms with E-state index in [0.29, 0.717) is 18.7 Å². The Kier molecular flexibility index (Phi) is 4.03. The van der Waals surface area contributed by atoms with E-state index >= 15 is 0 Å². The van der Waals surface area contributed by atoms with Crippen molar-refractivity contribution >= 4 is 15.7 Å². The molecule has 0 bridgehead atoms. The molecule has 0 aromatic heterocycles. The van der Waals surface area contributed by atoms with Gasteiger partial charge in [0, 0.05) is 12.7 Å². The molecule has 2 aliphatic rings. The molecule has 0 saturated carbocycles. The molecule has 1 fully saturated rings. The lowest BCUT2D eigenvalue weighted by Crippen LogP contribution is -2.39. The predicted octanol–water partition coefficient (Wildman–Crippen LogP) is 1.92. The summed E-state index contributed by atoms with van der Waals surface area (Å²) in [4.78, 5) is 0. The van der Waals surface area contributed by atoms with E-state index in [1.165, 1.54) is 22.5 Å². The zero-order valence-corrected chi connectivity index (χ0v) is 12.4. The molecule has 5 nitrogen and oxygen atoms in total. The fraction of sp³-hybridized carbons (Fsp3) is 0.571. The van der Waals surface area contributed by atoms with Crippen molar-refractivity contribution in [3.63, 3.8) is 0 Å². The highest BCUT2D eigenvalue weighted by Crippen LogP contribution is 2.34. The Bertz CT molecular complexity index is 613. The second-order valence-corrected chi connectivity index (χ2v) is 7.29. The van der Waals surface area contributed by atoms with E-state index in [1.54, 1.807) is 0 Å². The summed E-state index contributed by atoms with van der Waals surface area (Å²) in [5.41, 5.74) is 0.412. The molecule has 1 unspecified atom stereocenters. The van der Waals surface area contributed by atoms with Gasteiger partial charge in [-0.05, 0) is 31.4 Å². The molecular weight excluding hydrogens is 297 g/mol. The van der Waals surface area contributed by atoms with E-state index in [1.807, 2.05) is 0 Å². The lowest BCUT2D eigenvalue weighted by atomic mass is 10.2. The Labute approximate surface area is 123 Å². The molecule has 1 saturated heterocycles. The molecule has 0 spiro atoms. The Hall–Kier alpha value is -1.34. The van der Waals surface area contributed by atoms with Gasteiger partial charge in [-0.15, -0.1) is 0 Å². The molecule has 2 heterocycles. The van der Waals surface area contributed by atoms with Gasteiger partial charge in [0.25, 0.3) is 0 Å². The van der Waals surface area contributed by atoms with Crippen molar-refractivity contribution < 1.29 is 22.3 Å². The van der Waals surface area contributed by atoms with Crippen LogP contribution in [0, 0.1) is 5.82 Å². The van der Waals surface area contributed by atoms with Crippen LogP contribution in [0.1, 0.15) is 19.3 Å². The first-order valence-electron chi connectivity index (χ1n) is 7.11. The second-order valence-electron chi connectivity index (χ2n) is 5.27. The van der Waals surface area contributed by atoms with Gasteiger partial charge in [-0.25, -0.2) is 12.8 Å². The molecule has 1 aromatic rings. The molecular formula is C14H18FNO4S. The van der Waals surface area contributed by atoms with Gasteiger partial charge < -0.3 is 9.47 Å². The molecule has 0 N–H and O–H groups in total. The van der Waals surface area contributed by atoms with Gasteiger partial charge in [0.15, 0.2) is 0 Å². The van der Waals surface area contributed by atoms with Crippen LogP contribution in [0.15, 0.2) is 18.2 Å². The van der Waals surface area contributed by atoms with Gasteiger partial charge in [-0.2, -0.15) is 0 Å². The third-order valence-electron chi connectivity index (χ3n) is 3.80. The number of anilines is 1. The van der Waals surface area contributed by atoms with Gasteiger partial charge in [0.05, 0.1) is 24.1 Å². The topological polar surface area (TPSA) is 55.8 Å². The summed E-state index contributed by atoms with van der Waals surface area (Å²) in [7, 11) is -3.45. The van der Waals surface area contributed by atoms with Crippen molar-refractivity contribution in [2.24, 2.45) is 0 Å². The number of hydrogen-bond acceptors (Lipinski definition) is 4. The summed E-state index contributed by atoms with van der Waals surface area (Å²) < 4.78 is 50.3. The van der Waals surface area contributed by atoms with Gasteiger partial charge in [0.1, 0.15) is 18.2 Å². The number of nitrogens with zero attached hydrogens (tertiary/aromatic N) is 1. The van der Waals surface area contributed by atoms with E-state index in [-0.39, 0.29) is 30.8 Å². The van der Waals surface area contributed by atoms with Crippen LogP contribution in [0.2, 0.25) is 0 Å². The van der Waals surface area contributed by atoms with E-state index in [2.05, 4.69) is 0 Å². The third kappa shape index (κ3) is 3.13. The molecule has 7 heteroatoms. The number of ether oxygens (including phenoxy) is 2. The number of sulfonamides is 1. The van der Waals surface area contributed by atoms with E-state index < -0.39 is 15.8 Å². The summed E-state index contributed by atoms with van der Waals surface area (Å²) >= 11 is 0. The molecule has 116 valence electrons. The molecule has 3 rings (SSSR count). The van der Waals surface area contributed by atoms with Crippen LogP contribution in [0.4, 0.5) is 10.1 Å². The summed E-state index contributed by atoms with van der Waals surface area (Å²) in [6, 6.07) is 3.92. The summed E-state index contributed by atoms with van der Waals surface area (Å²) in [6.45, 7) is 1.20. The molecule has 2 aliphatic heterocycles. The highest BCUT2D eigenvalue weighted by atomic mass is 32.2. The highest BCUT2D eigenvalue weighted by molar-refractivity contribution is 7.92. The zero-order valence-electron chi connectivity index (χ0n) is 11.6. The molecule has 1 atom stereocenters. The summed E-state index contributed by atoms with van der Waals surface area (Å²) in [5.74, 6) is -0.122. The van der Waals surface area contributed by atoms with Gasteiger partial charge >= 0.3 is 0 Å². The largest absolute Gasteiger partial charge is 0.489 e. The van der Waals surface area contributed by atoms with Crippen LogP contribution in [-0.2, 0) is 14.8 Å². The van der Waals surface area contributed by atoms with E-state index in [0.717, 1.165) is 12.8 Å². The Morgan fingerprint density at radius 3 is 2.95 bits per heavy atom. The van der Waals surface area contributed by atoms with Crippen LogP contribution in [0.25, 0.3) is 0 Å². The van der Waals surface area contributed by atoms with Crippen LogP contribution in [0.5, 0.6) is 5.75 Å². The fourth-order valence-corrected chi connectivity index (χ4v) is 4.30. The minimum absolute atomic E-state index is 0.0357. The lowest BCUT2D eigenvalue weighted by molar-refractivity contribution is 0.109. The van der Waals surface area contributed by atoms with Crippen molar-refractivity contribution in [2.75, 3.05) is 29.8 Å². The second kappa shape index (κ2) is 5.81. The van der Waals surface area contributed by atoms with Gasteiger partial charge in [-0.1, -0.05) is 0 Å². The van der Waals surface area contributed by atoms with Crippen LogP contribution in [0.3, 0.4) is 0 Å². The normalized spacial score (nSPS) is 22.0. The minimum atomic E-state index is -3.45. The molecule has 1 aromatic carbocycles. The standard InChI is InChI=1S/C14H18FNO4S/c15-11-3-4-13-14(10-11)20-8-6-16(13)21(17,18)9-5-12-2-1-7-19-12/h3-4,10,12H,1-2,5-9H2. The van der Waals surface area contributed by atoms with Crippen LogP contribution in [-0.4, -0.2) is 40.0 Å². The van der Waals surface area contributed by atoms with Crippen molar-refractivity contribution in [2.45, 2.75) is 25.4 Å². The third-order valence-corrected chi connectivity index (χ3v) is 5.60. The number of rotatable bonds is 4. The first-order chi connectivity index (χ1) is 10.1. The van der Waals surface area contributed by atoms with Crippen molar-refractivity contribution in [3.05, 3.63) is 24.0 Å². The number of hydrogen-bond donors (Lipinski definition) is 0. The van der Waals surface area contributed by atoms with Crippen LogP contribution >= 0.6 is 0 Å². The van der Waals surface area contributed by atoms with Crippen molar-refractivity contribution in [3.8, 4) is 5.75 Å². The van der Waals surface area contributed by atoms with E-state index in [9.17, 15) is 12.8 Å². The average Bonchev–Trinajstić information content (AvgIpc) is 2.97. The van der Waals surface area contributed by atoms with Crippen LogP contribution < -0.4 is 9.04 Å². The van der Waals surface area contributed by atoms with Crippen molar-refractivity contribution in [1.82, 2.24) is 0 Å². The first-order valence-corrected chi connectivity index (χ1v) is 8.71. The average molecular weight is 315 g/mol. The maximum Gasteiger partial charge on any atom is 0.235 e. The quantitative estimate of drug-likeness (QED) is 0.852. The lowest BCUT2D eigenvalue weighted by Gasteiger charge is -2.30. The fourth-order valence-electron chi connectivity index (χ4n) is 2.72. The summed E-state index contributed by atoms with van der Waals surface area (Å²) in [6.07, 6.45) is 2.44. The maximum absolute atomic E-state index is 13.2. The first kappa shape index (κ1) is 14.6. The van der Waals surface area contributed by atoms with Gasteiger partial charge in [0.2, 0.25) is 10.0 Å². The SMILES string of the molecule is O=S(=O)(CCC1CCCO1)N1CCOc2cc(F)ccc21. The Balaban J connectivity index is 1.76. The molecule has 21 heavy (non-hydrogen) atoms. The number of benzene rings is 1. The molecule has 0 aliphatic carbocycles. The summed E-state index contributed by atoms with van der Waals surface area (Å²) in [5, 5.41) is 0. The molecule has 0 radical (unpaired) electrons. The number of halogens is 1. The smallest absolute Gasteiger partial charge is 0.235 e. The maximum atomic E-state index is 13.2. The zero-order chi connectivity index (χ0) is 14.9. The Morgan fingerprint density at radius 2 is 2.19 bits per heavy atom. The highest BCUT2D eigenvalue weighted by Gasteiger charge is 2.30. The Morgan fingerprint density at radius 1 is 1.33 bits per heavy atom. The van der Waals surface area contributed by atoms with Gasteiger partial charge in [-0.3, -0.25) is 4.31 Å². The monoisotopic (exact) mass is 315 g/mol. The van der Waals surface area contributed by atoms with E-state index in [4.69, 9.17) is 9.47 Å². The minimum Gasteiger partial charge on any atom is -0.489 e. The molecule has 0 amide bonds.